The summed E-state index contributed by atoms with van der Waals surface area (Å²) in [5.41, 5.74) is 6.17. The molecule has 0 radical (unpaired) electrons. The Balaban J connectivity index is 1.61. The quantitative estimate of drug-likeness (QED) is 0.392. The predicted molar refractivity (Wildman–Crippen MR) is 126 cm³/mol. The summed E-state index contributed by atoms with van der Waals surface area (Å²) in [6.45, 7) is 5.19. The second kappa shape index (κ2) is 11.6. The van der Waals surface area contributed by atoms with Crippen molar-refractivity contribution in [1.29, 1.82) is 0 Å². The van der Waals surface area contributed by atoms with Gasteiger partial charge in [0.1, 0.15) is 5.82 Å². The smallest absolute Gasteiger partial charge is 0.131 e. The lowest BCUT2D eigenvalue weighted by molar-refractivity contribution is 0.625. The monoisotopic (exact) mass is 404 g/mol. The first-order valence-corrected chi connectivity index (χ1v) is 11.0. The lowest BCUT2D eigenvalue weighted by Gasteiger charge is -2.09. The van der Waals surface area contributed by atoms with Crippen molar-refractivity contribution in [2.75, 3.05) is 26.7 Å². The molecule has 2 N–H and O–H groups in total. The summed E-state index contributed by atoms with van der Waals surface area (Å²) in [6, 6.07) is 22.3. The molecule has 3 rings (SSSR count). The van der Waals surface area contributed by atoms with Crippen molar-refractivity contribution < 1.29 is 4.39 Å². The van der Waals surface area contributed by atoms with Crippen molar-refractivity contribution >= 4 is 0 Å². The number of hydrogen-bond acceptors (Lipinski definition) is 2. The zero-order valence-corrected chi connectivity index (χ0v) is 18.2. The fourth-order valence-electron chi connectivity index (χ4n) is 3.69. The van der Waals surface area contributed by atoms with Crippen LogP contribution in [0, 0.1) is 5.82 Å². The highest BCUT2D eigenvalue weighted by Crippen LogP contribution is 2.28. The average molecular weight is 405 g/mol. The maximum absolute atomic E-state index is 14.8. The Bertz CT molecular complexity index is 901. The van der Waals surface area contributed by atoms with Crippen LogP contribution in [0.4, 0.5) is 4.39 Å². The third-order valence-corrected chi connectivity index (χ3v) is 5.43. The minimum atomic E-state index is -0.174. The van der Waals surface area contributed by atoms with Gasteiger partial charge in [-0.05, 0) is 66.7 Å². The van der Waals surface area contributed by atoms with Crippen molar-refractivity contribution in [2.24, 2.45) is 0 Å². The number of rotatable bonds is 11. The summed E-state index contributed by atoms with van der Waals surface area (Å²) in [4.78, 5) is 0. The van der Waals surface area contributed by atoms with Gasteiger partial charge in [0.05, 0.1) is 0 Å². The lowest BCUT2D eigenvalue weighted by atomic mass is 9.97. The van der Waals surface area contributed by atoms with Crippen LogP contribution in [0.25, 0.3) is 22.3 Å². The topological polar surface area (TPSA) is 24.1 Å². The molecule has 0 amide bonds. The number of halogens is 1. The van der Waals surface area contributed by atoms with Gasteiger partial charge in [0, 0.05) is 18.7 Å². The second-order valence-corrected chi connectivity index (χ2v) is 7.80. The van der Waals surface area contributed by atoms with Crippen molar-refractivity contribution in [1.82, 2.24) is 10.6 Å². The van der Waals surface area contributed by atoms with Crippen molar-refractivity contribution in [3.63, 3.8) is 0 Å². The van der Waals surface area contributed by atoms with Crippen molar-refractivity contribution in [3.05, 3.63) is 83.7 Å². The predicted octanol–water partition coefficient (Wildman–Crippen LogP) is 5.85. The molecule has 0 heterocycles. The van der Waals surface area contributed by atoms with Crippen LogP contribution >= 0.6 is 0 Å². The van der Waals surface area contributed by atoms with Crippen LogP contribution in [0.1, 0.15) is 30.9 Å². The molecule has 0 bridgehead atoms. The fraction of sp³-hybridized carbons (Fsp3) is 0.333. The number of aryl methyl sites for hydroxylation is 2. The molecule has 0 saturated carbocycles. The van der Waals surface area contributed by atoms with Crippen molar-refractivity contribution in [2.45, 2.75) is 32.6 Å². The SMILES string of the molecule is CCCc1ccc(-c2ccc(-c3ccc(CCCNCCNC)cc3)cc2F)cc1. The molecule has 2 nitrogen and oxygen atoms in total. The minimum absolute atomic E-state index is 0.174. The Labute approximate surface area is 180 Å². The van der Waals surface area contributed by atoms with E-state index in [-0.39, 0.29) is 5.82 Å². The maximum Gasteiger partial charge on any atom is 0.131 e. The van der Waals surface area contributed by atoms with E-state index >= 15 is 0 Å². The summed E-state index contributed by atoms with van der Waals surface area (Å²) in [7, 11) is 1.97. The van der Waals surface area contributed by atoms with Crippen LogP contribution in [0.3, 0.4) is 0 Å². The molecule has 0 aliphatic carbocycles. The zero-order valence-electron chi connectivity index (χ0n) is 18.2. The molecule has 0 fully saturated rings. The van der Waals surface area contributed by atoms with Crippen LogP contribution in [0.2, 0.25) is 0 Å². The van der Waals surface area contributed by atoms with Crippen molar-refractivity contribution in [3.8, 4) is 22.3 Å². The molecule has 3 aromatic rings. The number of nitrogens with one attached hydrogen (secondary N) is 2. The van der Waals surface area contributed by atoms with Crippen LogP contribution in [-0.4, -0.2) is 26.7 Å². The molecule has 0 atom stereocenters. The molecular weight excluding hydrogens is 371 g/mol. The molecule has 30 heavy (non-hydrogen) atoms. The van der Waals surface area contributed by atoms with Crippen LogP contribution in [-0.2, 0) is 12.8 Å². The summed E-state index contributed by atoms with van der Waals surface area (Å²) >= 11 is 0. The molecule has 0 aromatic heterocycles. The van der Waals surface area contributed by atoms with Gasteiger partial charge in [-0.15, -0.1) is 0 Å². The van der Waals surface area contributed by atoms with Gasteiger partial charge < -0.3 is 10.6 Å². The van der Waals surface area contributed by atoms with Crippen LogP contribution in [0.15, 0.2) is 66.7 Å². The normalized spacial score (nSPS) is 11.0. The number of likely N-dealkylation sites (N-methyl/N-ethyl adjacent to an activating group) is 1. The van der Waals surface area contributed by atoms with E-state index in [9.17, 15) is 4.39 Å². The van der Waals surface area contributed by atoms with E-state index in [0.717, 1.165) is 62.0 Å². The van der Waals surface area contributed by atoms with Gasteiger partial charge in [-0.25, -0.2) is 4.39 Å². The molecular formula is C27H33FN2. The highest BCUT2D eigenvalue weighted by Gasteiger charge is 2.08. The summed E-state index contributed by atoms with van der Waals surface area (Å²) in [5.74, 6) is -0.174. The Morgan fingerprint density at radius 1 is 0.700 bits per heavy atom. The maximum atomic E-state index is 14.8. The molecule has 0 unspecified atom stereocenters. The van der Waals surface area contributed by atoms with Gasteiger partial charge in [-0.3, -0.25) is 0 Å². The second-order valence-electron chi connectivity index (χ2n) is 7.80. The standard InChI is InChI=1S/C27H33FN2/c1-3-5-21-9-13-24(14-10-21)26-16-15-25(20-27(26)28)23-11-7-22(8-12-23)6-4-17-30-19-18-29-2/h7-16,20,29-30H,3-6,17-19H2,1-2H3. The van der Waals surface area contributed by atoms with Gasteiger partial charge >= 0.3 is 0 Å². The van der Waals surface area contributed by atoms with E-state index in [1.165, 1.54) is 11.1 Å². The first-order valence-electron chi connectivity index (χ1n) is 11.0. The minimum Gasteiger partial charge on any atom is -0.318 e. The lowest BCUT2D eigenvalue weighted by Crippen LogP contribution is -2.25. The van der Waals surface area contributed by atoms with Gasteiger partial charge in [0.15, 0.2) is 0 Å². The third-order valence-electron chi connectivity index (χ3n) is 5.43. The van der Waals surface area contributed by atoms with E-state index in [4.69, 9.17) is 0 Å². The molecule has 3 aromatic carbocycles. The molecule has 0 aliphatic rings. The van der Waals surface area contributed by atoms with E-state index < -0.39 is 0 Å². The Hall–Kier alpha value is -2.49. The van der Waals surface area contributed by atoms with Gasteiger partial charge in [-0.2, -0.15) is 0 Å². The fourth-order valence-corrected chi connectivity index (χ4v) is 3.69. The Morgan fingerprint density at radius 3 is 1.97 bits per heavy atom. The summed E-state index contributed by atoms with van der Waals surface area (Å²) in [6.07, 6.45) is 4.34. The molecule has 0 saturated heterocycles. The molecule has 3 heteroatoms. The first-order chi connectivity index (χ1) is 14.7. The largest absolute Gasteiger partial charge is 0.318 e. The van der Waals surface area contributed by atoms with E-state index in [1.54, 1.807) is 6.07 Å². The average Bonchev–Trinajstić information content (AvgIpc) is 2.77. The zero-order chi connectivity index (χ0) is 21.2. The van der Waals surface area contributed by atoms with E-state index in [0.29, 0.717) is 5.56 Å². The van der Waals surface area contributed by atoms with E-state index in [1.807, 2.05) is 31.3 Å². The first kappa shape index (κ1) is 22.2. The summed E-state index contributed by atoms with van der Waals surface area (Å²) < 4.78 is 14.8. The molecule has 0 spiro atoms. The van der Waals surface area contributed by atoms with Gasteiger partial charge in [0.25, 0.3) is 0 Å². The number of benzene rings is 3. The van der Waals surface area contributed by atoms with Crippen LogP contribution < -0.4 is 10.6 Å². The number of hydrogen-bond donors (Lipinski definition) is 2. The highest BCUT2D eigenvalue weighted by atomic mass is 19.1. The third kappa shape index (κ3) is 6.25. The summed E-state index contributed by atoms with van der Waals surface area (Å²) in [5, 5.41) is 6.56. The van der Waals surface area contributed by atoms with Gasteiger partial charge in [0.2, 0.25) is 0 Å². The van der Waals surface area contributed by atoms with E-state index in [2.05, 4.69) is 54.0 Å². The van der Waals surface area contributed by atoms with Gasteiger partial charge in [-0.1, -0.05) is 74.0 Å². The Morgan fingerprint density at radius 2 is 1.33 bits per heavy atom. The molecule has 0 aliphatic heterocycles. The van der Waals surface area contributed by atoms with Crippen LogP contribution in [0.5, 0.6) is 0 Å². The highest BCUT2D eigenvalue weighted by molar-refractivity contribution is 5.71. The Kier molecular flexibility index (Phi) is 8.61. The molecule has 158 valence electrons.